The first kappa shape index (κ1) is 17.7. The van der Waals surface area contributed by atoms with Crippen molar-refractivity contribution in [1.82, 2.24) is 5.32 Å². The number of hydrogen-bond donors (Lipinski definition) is 1. The molecule has 0 atom stereocenters. The second kappa shape index (κ2) is 7.63. The molecule has 0 aliphatic carbocycles. The average molecular weight is 315 g/mol. The standard InChI is InChI=1S/C15H16F3NO3/c1-4-19-7-10(15(21)22-5-2)14(20)9-6-11(16)13(18)8(3)12(9)17/h6-7,19H,4-5H2,1-3H3. The van der Waals surface area contributed by atoms with Gasteiger partial charge in [-0.05, 0) is 26.8 Å². The van der Waals surface area contributed by atoms with Crippen molar-refractivity contribution < 1.29 is 27.5 Å². The van der Waals surface area contributed by atoms with Crippen LogP contribution in [-0.4, -0.2) is 24.9 Å². The minimum Gasteiger partial charge on any atom is -0.462 e. The maximum absolute atomic E-state index is 14.0. The van der Waals surface area contributed by atoms with Crippen molar-refractivity contribution in [2.24, 2.45) is 0 Å². The highest BCUT2D eigenvalue weighted by Crippen LogP contribution is 2.22. The van der Waals surface area contributed by atoms with E-state index in [0.717, 1.165) is 13.1 Å². The molecule has 4 nitrogen and oxygen atoms in total. The van der Waals surface area contributed by atoms with Gasteiger partial charge in [0.25, 0.3) is 0 Å². The minimum absolute atomic E-state index is 0.00880. The predicted molar refractivity (Wildman–Crippen MR) is 73.8 cm³/mol. The SMILES string of the molecule is CCNC=C(C(=O)OCC)C(=O)c1cc(F)c(F)c(C)c1F. The highest BCUT2D eigenvalue weighted by molar-refractivity contribution is 6.24. The van der Waals surface area contributed by atoms with Gasteiger partial charge in [-0.15, -0.1) is 0 Å². The molecule has 0 aromatic heterocycles. The smallest absolute Gasteiger partial charge is 0.343 e. The summed E-state index contributed by atoms with van der Waals surface area (Å²) in [4.78, 5) is 24.0. The molecule has 0 saturated heterocycles. The van der Waals surface area contributed by atoms with Crippen molar-refractivity contribution in [1.29, 1.82) is 0 Å². The van der Waals surface area contributed by atoms with Crippen LogP contribution in [0.15, 0.2) is 17.8 Å². The molecule has 1 rings (SSSR count). The molecule has 0 radical (unpaired) electrons. The van der Waals surface area contributed by atoms with Gasteiger partial charge >= 0.3 is 5.97 Å². The second-order valence-corrected chi connectivity index (χ2v) is 4.32. The van der Waals surface area contributed by atoms with Crippen molar-refractivity contribution >= 4 is 11.8 Å². The number of ether oxygens (including phenoxy) is 1. The summed E-state index contributed by atoms with van der Waals surface area (Å²) in [5.74, 6) is -6.01. The molecule has 22 heavy (non-hydrogen) atoms. The Balaban J connectivity index is 3.34. The molecule has 0 bridgehead atoms. The van der Waals surface area contributed by atoms with Crippen LogP contribution in [0.25, 0.3) is 0 Å². The first-order chi connectivity index (χ1) is 10.3. The van der Waals surface area contributed by atoms with E-state index in [-0.39, 0.29) is 6.61 Å². The Morgan fingerprint density at radius 2 is 1.86 bits per heavy atom. The van der Waals surface area contributed by atoms with Gasteiger partial charge in [0.15, 0.2) is 11.6 Å². The van der Waals surface area contributed by atoms with Gasteiger partial charge in [-0.2, -0.15) is 0 Å². The third-order valence-electron chi connectivity index (χ3n) is 2.81. The molecule has 1 N–H and O–H groups in total. The van der Waals surface area contributed by atoms with Gasteiger partial charge < -0.3 is 10.1 Å². The highest BCUT2D eigenvalue weighted by Gasteiger charge is 2.27. The summed E-state index contributed by atoms with van der Waals surface area (Å²) in [7, 11) is 0. The summed E-state index contributed by atoms with van der Waals surface area (Å²) in [6.07, 6.45) is 1.07. The lowest BCUT2D eigenvalue weighted by atomic mass is 10.0. The minimum atomic E-state index is -1.37. The Labute approximate surface area is 126 Å². The fourth-order valence-corrected chi connectivity index (χ4v) is 1.67. The van der Waals surface area contributed by atoms with Crippen LogP contribution in [0.4, 0.5) is 13.2 Å². The summed E-state index contributed by atoms with van der Waals surface area (Å²) < 4.78 is 45.4. The normalized spacial score (nSPS) is 11.3. The van der Waals surface area contributed by atoms with Crippen LogP contribution in [0.3, 0.4) is 0 Å². The van der Waals surface area contributed by atoms with Crippen LogP contribution in [0, 0.1) is 24.4 Å². The molecule has 120 valence electrons. The number of benzene rings is 1. The molecule has 0 aliphatic heterocycles. The van der Waals surface area contributed by atoms with Crippen LogP contribution >= 0.6 is 0 Å². The molecule has 0 spiro atoms. The van der Waals surface area contributed by atoms with E-state index < -0.39 is 45.9 Å². The zero-order valence-corrected chi connectivity index (χ0v) is 12.4. The second-order valence-electron chi connectivity index (χ2n) is 4.32. The monoisotopic (exact) mass is 315 g/mol. The molecule has 0 aliphatic rings. The Morgan fingerprint density at radius 1 is 1.23 bits per heavy atom. The van der Waals surface area contributed by atoms with Gasteiger partial charge in [0.2, 0.25) is 5.78 Å². The summed E-state index contributed by atoms with van der Waals surface area (Å²) >= 11 is 0. The van der Waals surface area contributed by atoms with E-state index in [4.69, 9.17) is 4.74 Å². The lowest BCUT2D eigenvalue weighted by Gasteiger charge is -2.10. The van der Waals surface area contributed by atoms with Crippen molar-refractivity contribution in [3.63, 3.8) is 0 Å². The fraction of sp³-hybridized carbons (Fsp3) is 0.333. The largest absolute Gasteiger partial charge is 0.462 e. The molecule has 0 heterocycles. The Bertz CT molecular complexity index is 627. The van der Waals surface area contributed by atoms with Crippen LogP contribution in [-0.2, 0) is 9.53 Å². The van der Waals surface area contributed by atoms with Gasteiger partial charge in [-0.25, -0.2) is 18.0 Å². The van der Waals surface area contributed by atoms with E-state index >= 15 is 0 Å². The van der Waals surface area contributed by atoms with Crippen LogP contribution in [0.5, 0.6) is 0 Å². The zero-order chi connectivity index (χ0) is 16.9. The fourth-order valence-electron chi connectivity index (χ4n) is 1.67. The molecule has 0 amide bonds. The van der Waals surface area contributed by atoms with Gasteiger partial charge in [-0.1, -0.05) is 0 Å². The summed E-state index contributed by atoms with van der Waals surface area (Å²) in [6, 6.07) is 0.430. The van der Waals surface area contributed by atoms with Gasteiger partial charge in [-0.3, -0.25) is 4.79 Å². The number of halogens is 3. The number of carbonyl (C=O) groups is 2. The molecule has 0 fully saturated rings. The first-order valence-electron chi connectivity index (χ1n) is 6.64. The number of rotatable bonds is 6. The average Bonchev–Trinajstić information content (AvgIpc) is 2.49. The van der Waals surface area contributed by atoms with Gasteiger partial charge in [0, 0.05) is 18.3 Å². The summed E-state index contributed by atoms with van der Waals surface area (Å²) in [5, 5.41) is 2.62. The molecular formula is C15H16F3NO3. The Morgan fingerprint density at radius 3 is 2.41 bits per heavy atom. The first-order valence-corrected chi connectivity index (χ1v) is 6.64. The number of esters is 1. The Hall–Kier alpha value is -2.31. The third kappa shape index (κ3) is 3.66. The van der Waals surface area contributed by atoms with Crippen LogP contribution in [0.2, 0.25) is 0 Å². The van der Waals surface area contributed by atoms with E-state index in [1.807, 2.05) is 0 Å². The maximum Gasteiger partial charge on any atom is 0.343 e. The highest BCUT2D eigenvalue weighted by atomic mass is 19.2. The quantitative estimate of drug-likeness (QED) is 0.219. The van der Waals surface area contributed by atoms with E-state index in [9.17, 15) is 22.8 Å². The topological polar surface area (TPSA) is 55.4 Å². The van der Waals surface area contributed by atoms with E-state index in [2.05, 4.69) is 5.32 Å². The number of ketones is 1. The zero-order valence-electron chi connectivity index (χ0n) is 12.4. The van der Waals surface area contributed by atoms with E-state index in [1.54, 1.807) is 6.92 Å². The van der Waals surface area contributed by atoms with Crippen molar-refractivity contribution in [3.05, 3.63) is 46.4 Å². The molecule has 1 aromatic rings. The van der Waals surface area contributed by atoms with Crippen LogP contribution in [0.1, 0.15) is 29.8 Å². The van der Waals surface area contributed by atoms with Crippen molar-refractivity contribution in [2.45, 2.75) is 20.8 Å². The Kier molecular flexibility index (Phi) is 6.15. The molecular weight excluding hydrogens is 299 g/mol. The predicted octanol–water partition coefficient (Wildman–Crippen LogP) is 2.65. The molecule has 1 aromatic carbocycles. The summed E-state index contributed by atoms with van der Waals surface area (Å²) in [6.45, 7) is 4.66. The van der Waals surface area contributed by atoms with E-state index in [0.29, 0.717) is 12.6 Å². The molecule has 0 saturated carbocycles. The number of Topliss-reactive ketones (excluding diaryl/α,β-unsaturated/α-hetero) is 1. The molecule has 0 unspecified atom stereocenters. The number of hydrogen-bond acceptors (Lipinski definition) is 4. The lowest BCUT2D eigenvalue weighted by Crippen LogP contribution is -2.21. The van der Waals surface area contributed by atoms with Gasteiger partial charge in [0.05, 0.1) is 12.2 Å². The van der Waals surface area contributed by atoms with Crippen molar-refractivity contribution in [3.8, 4) is 0 Å². The lowest BCUT2D eigenvalue weighted by molar-refractivity contribution is -0.138. The maximum atomic E-state index is 14.0. The molecule has 7 heteroatoms. The van der Waals surface area contributed by atoms with Crippen molar-refractivity contribution in [2.75, 3.05) is 13.2 Å². The number of nitrogens with one attached hydrogen (secondary N) is 1. The van der Waals surface area contributed by atoms with E-state index in [1.165, 1.54) is 6.92 Å². The number of carbonyl (C=O) groups excluding carboxylic acids is 2. The third-order valence-corrected chi connectivity index (χ3v) is 2.81. The summed E-state index contributed by atoms with van der Waals surface area (Å²) in [5.41, 5.74) is -1.85. The van der Waals surface area contributed by atoms with Crippen LogP contribution < -0.4 is 5.32 Å². The van der Waals surface area contributed by atoms with Gasteiger partial charge in [0.1, 0.15) is 11.4 Å².